The van der Waals surface area contributed by atoms with Crippen molar-refractivity contribution in [2.45, 2.75) is 57.3 Å². The first kappa shape index (κ1) is 22.1. The van der Waals surface area contributed by atoms with E-state index in [1.54, 1.807) is 18.3 Å². The second-order valence-electron chi connectivity index (χ2n) is 9.84. The van der Waals surface area contributed by atoms with Gasteiger partial charge in [-0.25, -0.2) is 9.37 Å². The third-order valence-electron chi connectivity index (χ3n) is 7.11. The lowest BCUT2D eigenvalue weighted by Crippen LogP contribution is -2.26. The van der Waals surface area contributed by atoms with Gasteiger partial charge in [0.05, 0.1) is 29.2 Å². The summed E-state index contributed by atoms with van der Waals surface area (Å²) >= 11 is 0. The molecule has 0 spiro atoms. The molecule has 1 fully saturated rings. The summed E-state index contributed by atoms with van der Waals surface area (Å²) in [6, 6.07) is 10.7. The number of carbonyl (C=O) groups is 1. The van der Waals surface area contributed by atoms with Crippen molar-refractivity contribution in [3.05, 3.63) is 53.6 Å². The largest absolute Gasteiger partial charge is 0.481 e. The van der Waals surface area contributed by atoms with E-state index in [4.69, 9.17) is 4.98 Å². The molecule has 0 atom stereocenters. The number of nitrogens with zero attached hydrogens (tertiary/aromatic N) is 4. The second-order valence-corrected chi connectivity index (χ2v) is 9.84. The Morgan fingerprint density at radius 2 is 1.97 bits per heavy atom. The number of nitriles is 1. The van der Waals surface area contributed by atoms with E-state index in [2.05, 4.69) is 20.8 Å². The number of hydrogen-bond acceptors (Lipinski definition) is 4. The number of aliphatic carboxylic acids is 1. The molecule has 4 aromatic rings. The van der Waals surface area contributed by atoms with Crippen LogP contribution in [0.3, 0.4) is 0 Å². The van der Waals surface area contributed by atoms with Gasteiger partial charge in [0, 0.05) is 34.2 Å². The molecule has 0 aliphatic heterocycles. The molecule has 7 nitrogen and oxygen atoms in total. The molecule has 0 bridgehead atoms. The Hall–Kier alpha value is -3.73. The van der Waals surface area contributed by atoms with Crippen molar-refractivity contribution in [3.8, 4) is 11.8 Å². The minimum Gasteiger partial charge on any atom is -0.481 e. The fourth-order valence-corrected chi connectivity index (χ4v) is 5.41. The summed E-state index contributed by atoms with van der Waals surface area (Å²) in [4.78, 5) is 16.5. The van der Waals surface area contributed by atoms with Gasteiger partial charge in [-0.05, 0) is 61.9 Å². The molecule has 0 amide bonds. The zero-order chi connectivity index (χ0) is 24.0. The summed E-state index contributed by atoms with van der Waals surface area (Å²) in [6.45, 7) is 4.09. The van der Waals surface area contributed by atoms with Crippen LogP contribution in [0.5, 0.6) is 0 Å². The standard InChI is InChI=1S/C26H26FN5O2/c1-26(2,11-12-28)23-21(15-3-5-16(6-4-15)25(33)34)22-20(13-17-14-29-31-24(17)30-22)32(23)19-9-7-18(27)8-10-19/h7-10,13-16H,3-6,11H2,1-2H3,(H,33,34)(H,29,30,31). The number of carboxylic acids is 1. The monoisotopic (exact) mass is 459 g/mol. The summed E-state index contributed by atoms with van der Waals surface area (Å²) < 4.78 is 15.9. The van der Waals surface area contributed by atoms with E-state index in [9.17, 15) is 19.6 Å². The maximum Gasteiger partial charge on any atom is 0.306 e. The Balaban J connectivity index is 1.82. The lowest BCUT2D eigenvalue weighted by Gasteiger charge is -2.31. The third kappa shape index (κ3) is 3.61. The number of H-pyrrole nitrogens is 1. The molecule has 0 saturated heterocycles. The number of rotatable bonds is 5. The molecule has 3 aromatic heterocycles. The van der Waals surface area contributed by atoms with E-state index in [-0.39, 0.29) is 17.7 Å². The molecule has 1 saturated carbocycles. The number of pyridine rings is 1. The summed E-state index contributed by atoms with van der Waals surface area (Å²) in [5.41, 5.74) is 4.67. The van der Waals surface area contributed by atoms with Gasteiger partial charge in [0.1, 0.15) is 5.82 Å². The van der Waals surface area contributed by atoms with Crippen molar-refractivity contribution >= 4 is 28.0 Å². The fourth-order valence-electron chi connectivity index (χ4n) is 5.41. The van der Waals surface area contributed by atoms with Crippen molar-refractivity contribution in [2.24, 2.45) is 5.92 Å². The highest BCUT2D eigenvalue weighted by Gasteiger charge is 2.37. The molecule has 2 N–H and O–H groups in total. The average molecular weight is 460 g/mol. The van der Waals surface area contributed by atoms with Crippen molar-refractivity contribution in [2.75, 3.05) is 0 Å². The van der Waals surface area contributed by atoms with Crippen LogP contribution in [-0.4, -0.2) is 30.8 Å². The number of aromatic nitrogens is 4. The summed E-state index contributed by atoms with van der Waals surface area (Å²) in [6.07, 6.45) is 4.69. The van der Waals surface area contributed by atoms with Crippen LogP contribution in [0.15, 0.2) is 36.5 Å². The number of halogens is 1. The molecular formula is C26H26FN5O2. The van der Waals surface area contributed by atoms with E-state index < -0.39 is 11.4 Å². The smallest absolute Gasteiger partial charge is 0.306 e. The molecule has 174 valence electrons. The highest BCUT2D eigenvalue weighted by molar-refractivity contribution is 5.94. The van der Waals surface area contributed by atoms with Gasteiger partial charge in [-0.1, -0.05) is 13.8 Å². The maximum atomic E-state index is 13.8. The molecule has 34 heavy (non-hydrogen) atoms. The zero-order valence-corrected chi connectivity index (χ0v) is 19.2. The first-order valence-electron chi connectivity index (χ1n) is 11.5. The number of fused-ring (bicyclic) bond motifs is 2. The summed E-state index contributed by atoms with van der Waals surface area (Å²) in [5, 5.41) is 27.1. The number of hydrogen-bond donors (Lipinski definition) is 2. The number of nitrogens with one attached hydrogen (secondary N) is 1. The molecule has 1 aliphatic rings. The third-order valence-corrected chi connectivity index (χ3v) is 7.11. The lowest BCUT2D eigenvalue weighted by molar-refractivity contribution is -0.142. The Morgan fingerprint density at radius 3 is 2.62 bits per heavy atom. The first-order valence-corrected chi connectivity index (χ1v) is 11.5. The van der Waals surface area contributed by atoms with Gasteiger partial charge in [-0.15, -0.1) is 0 Å². The van der Waals surface area contributed by atoms with Crippen molar-refractivity contribution < 1.29 is 14.3 Å². The van der Waals surface area contributed by atoms with Crippen LogP contribution < -0.4 is 0 Å². The summed E-state index contributed by atoms with van der Waals surface area (Å²) in [7, 11) is 0. The van der Waals surface area contributed by atoms with Crippen molar-refractivity contribution in [1.82, 2.24) is 19.7 Å². The molecule has 0 radical (unpaired) electrons. The quantitative estimate of drug-likeness (QED) is 0.404. The van der Waals surface area contributed by atoms with E-state index in [0.717, 1.165) is 46.2 Å². The topological polar surface area (TPSA) is 108 Å². The Morgan fingerprint density at radius 1 is 1.26 bits per heavy atom. The maximum absolute atomic E-state index is 13.8. The van der Waals surface area contributed by atoms with Gasteiger partial charge in [0.25, 0.3) is 0 Å². The SMILES string of the molecule is CC(C)(CC#N)c1c(C2CCC(C(=O)O)CC2)c2nc3[nH]ncc3cc2n1-c1ccc(F)cc1. The normalized spacial score (nSPS) is 18.9. The van der Waals surface area contributed by atoms with E-state index >= 15 is 0 Å². The number of carboxylic acid groups (broad SMARTS) is 1. The van der Waals surface area contributed by atoms with Gasteiger partial charge in [0.15, 0.2) is 5.65 Å². The number of aromatic amines is 1. The van der Waals surface area contributed by atoms with Crippen molar-refractivity contribution in [1.29, 1.82) is 5.26 Å². The predicted octanol–water partition coefficient (Wildman–Crippen LogP) is 5.59. The molecular weight excluding hydrogens is 433 g/mol. The Labute approximate surface area is 196 Å². The molecule has 3 heterocycles. The Kier molecular flexibility index (Phi) is 5.35. The van der Waals surface area contributed by atoms with Crippen LogP contribution in [-0.2, 0) is 10.2 Å². The predicted molar refractivity (Wildman–Crippen MR) is 126 cm³/mol. The highest BCUT2D eigenvalue weighted by Crippen LogP contribution is 2.46. The van der Waals surface area contributed by atoms with Crippen LogP contribution in [0, 0.1) is 23.1 Å². The van der Waals surface area contributed by atoms with Gasteiger partial charge >= 0.3 is 5.97 Å². The molecule has 8 heteroatoms. The van der Waals surface area contributed by atoms with E-state index in [0.29, 0.717) is 24.9 Å². The van der Waals surface area contributed by atoms with Gasteiger partial charge < -0.3 is 9.67 Å². The zero-order valence-electron chi connectivity index (χ0n) is 19.2. The van der Waals surface area contributed by atoms with Crippen LogP contribution in [0.1, 0.15) is 63.1 Å². The minimum absolute atomic E-state index is 0.112. The van der Waals surface area contributed by atoms with Crippen LogP contribution in [0.4, 0.5) is 4.39 Å². The van der Waals surface area contributed by atoms with Gasteiger partial charge in [0.2, 0.25) is 0 Å². The van der Waals surface area contributed by atoms with E-state index in [1.165, 1.54) is 12.1 Å². The average Bonchev–Trinajstić information content (AvgIpc) is 3.40. The van der Waals surface area contributed by atoms with Crippen LogP contribution in [0.2, 0.25) is 0 Å². The molecule has 1 aliphatic carbocycles. The molecule has 5 rings (SSSR count). The molecule has 0 unspecified atom stereocenters. The van der Waals surface area contributed by atoms with Crippen LogP contribution in [0.25, 0.3) is 27.8 Å². The molecule has 1 aromatic carbocycles. The lowest BCUT2D eigenvalue weighted by atomic mass is 9.74. The van der Waals surface area contributed by atoms with Crippen LogP contribution >= 0.6 is 0 Å². The van der Waals surface area contributed by atoms with Crippen molar-refractivity contribution in [3.63, 3.8) is 0 Å². The fraction of sp³-hybridized carbons (Fsp3) is 0.385. The summed E-state index contributed by atoms with van der Waals surface area (Å²) in [5.74, 6) is -1.28. The van der Waals surface area contributed by atoms with Gasteiger partial charge in [-0.2, -0.15) is 10.4 Å². The second kappa shape index (κ2) is 8.24. The number of benzene rings is 1. The van der Waals surface area contributed by atoms with Gasteiger partial charge in [-0.3, -0.25) is 9.89 Å². The Bertz CT molecular complexity index is 1420. The minimum atomic E-state index is -0.741. The van der Waals surface area contributed by atoms with E-state index in [1.807, 2.05) is 19.9 Å². The highest BCUT2D eigenvalue weighted by atomic mass is 19.1. The first-order chi connectivity index (χ1) is 16.3.